The second-order valence-corrected chi connectivity index (χ2v) is 7.93. The number of likely N-dealkylation sites (tertiary alicyclic amines) is 2. The predicted molar refractivity (Wildman–Crippen MR) is 103 cm³/mol. The molecule has 1 aromatic carbocycles. The zero-order valence-corrected chi connectivity index (χ0v) is 16.1. The van der Waals surface area contributed by atoms with Crippen LogP contribution in [-0.4, -0.2) is 52.1 Å². The van der Waals surface area contributed by atoms with E-state index in [1.165, 1.54) is 12.1 Å². The van der Waals surface area contributed by atoms with E-state index in [0.29, 0.717) is 37.0 Å². The molecule has 2 aliphatic rings. The number of hydrogen-bond acceptors (Lipinski definition) is 4. The van der Waals surface area contributed by atoms with Crippen LogP contribution in [0.25, 0.3) is 0 Å². The summed E-state index contributed by atoms with van der Waals surface area (Å²) in [7, 11) is 0. The quantitative estimate of drug-likeness (QED) is 0.853. The van der Waals surface area contributed by atoms with E-state index >= 15 is 0 Å². The Balaban J connectivity index is 1.29. The van der Waals surface area contributed by atoms with Crippen molar-refractivity contribution in [2.75, 3.05) is 26.2 Å². The Morgan fingerprint density at radius 1 is 1.07 bits per heavy atom. The van der Waals surface area contributed by atoms with Crippen molar-refractivity contribution in [3.05, 3.63) is 63.6 Å². The van der Waals surface area contributed by atoms with Gasteiger partial charge in [-0.3, -0.25) is 14.5 Å². The van der Waals surface area contributed by atoms with Crippen LogP contribution in [0.2, 0.25) is 0 Å². The molecule has 3 heterocycles. The average molecular weight is 402 g/mol. The minimum Gasteiger partial charge on any atom is -0.337 e. The van der Waals surface area contributed by atoms with E-state index < -0.39 is 11.6 Å². The number of amides is 1. The topological polar surface area (TPSA) is 69.3 Å². The van der Waals surface area contributed by atoms with Gasteiger partial charge in [-0.2, -0.15) is 5.10 Å². The molecular formula is C21H24F2N4O2. The smallest absolute Gasteiger partial charge is 0.274 e. The zero-order chi connectivity index (χ0) is 20.4. The largest absolute Gasteiger partial charge is 0.337 e. The molecule has 2 aliphatic heterocycles. The number of nitrogens with zero attached hydrogens (tertiary/aromatic N) is 3. The van der Waals surface area contributed by atoms with Crippen LogP contribution in [0.5, 0.6) is 0 Å². The number of aromatic amines is 1. The molecule has 29 heavy (non-hydrogen) atoms. The summed E-state index contributed by atoms with van der Waals surface area (Å²) in [6.07, 6.45) is 2.93. The van der Waals surface area contributed by atoms with Gasteiger partial charge in [0.1, 0.15) is 5.69 Å². The van der Waals surface area contributed by atoms with Crippen molar-refractivity contribution in [1.29, 1.82) is 0 Å². The molecule has 2 aromatic rings. The fourth-order valence-corrected chi connectivity index (χ4v) is 4.48. The lowest BCUT2D eigenvalue weighted by atomic mass is 9.83. The maximum absolute atomic E-state index is 13.9. The summed E-state index contributed by atoms with van der Waals surface area (Å²) in [5.41, 5.74) is 0.331. The highest BCUT2D eigenvalue weighted by molar-refractivity contribution is 5.92. The standard InChI is InChI=1S/C21H24F2N4O2/c22-17-3-1-2-16(20(17)23)12-26-9-6-14(7-10-26)15-8-11-27(13-15)21(29)18-4-5-19(28)25-24-18/h1-5,14-15H,6-13H2,(H,25,28)/t15-/m0/s1. The van der Waals surface area contributed by atoms with Crippen LogP contribution in [0.3, 0.4) is 0 Å². The van der Waals surface area contributed by atoms with Gasteiger partial charge >= 0.3 is 0 Å². The summed E-state index contributed by atoms with van der Waals surface area (Å²) in [6.45, 7) is 3.49. The van der Waals surface area contributed by atoms with E-state index in [2.05, 4.69) is 15.1 Å². The molecule has 0 unspecified atom stereocenters. The fourth-order valence-electron chi connectivity index (χ4n) is 4.48. The van der Waals surface area contributed by atoms with E-state index in [4.69, 9.17) is 0 Å². The van der Waals surface area contributed by atoms with E-state index in [-0.39, 0.29) is 17.2 Å². The number of H-pyrrole nitrogens is 1. The normalized spacial score (nSPS) is 20.9. The molecule has 2 fully saturated rings. The van der Waals surface area contributed by atoms with E-state index in [1.807, 2.05) is 0 Å². The van der Waals surface area contributed by atoms with Crippen LogP contribution in [0, 0.1) is 23.5 Å². The molecule has 2 saturated heterocycles. The fraction of sp³-hybridized carbons (Fsp3) is 0.476. The third-order valence-corrected chi connectivity index (χ3v) is 6.13. The van der Waals surface area contributed by atoms with Gasteiger partial charge in [0.25, 0.3) is 11.5 Å². The Labute approximate surface area is 167 Å². The summed E-state index contributed by atoms with van der Waals surface area (Å²) in [6, 6.07) is 7.09. The van der Waals surface area contributed by atoms with Crippen LogP contribution >= 0.6 is 0 Å². The van der Waals surface area contributed by atoms with Crippen LogP contribution < -0.4 is 5.56 Å². The Morgan fingerprint density at radius 2 is 1.83 bits per heavy atom. The third kappa shape index (κ3) is 4.37. The number of carbonyl (C=O) groups excluding carboxylic acids is 1. The number of piperidine rings is 1. The maximum Gasteiger partial charge on any atom is 0.274 e. The van der Waals surface area contributed by atoms with Gasteiger partial charge in [0, 0.05) is 31.3 Å². The van der Waals surface area contributed by atoms with Gasteiger partial charge in [0.05, 0.1) is 0 Å². The lowest BCUT2D eigenvalue weighted by Gasteiger charge is -2.34. The van der Waals surface area contributed by atoms with Crippen molar-refractivity contribution in [2.45, 2.75) is 25.8 Å². The molecule has 1 aromatic heterocycles. The summed E-state index contributed by atoms with van der Waals surface area (Å²) >= 11 is 0. The molecule has 1 N–H and O–H groups in total. The highest BCUT2D eigenvalue weighted by atomic mass is 19.2. The predicted octanol–water partition coefficient (Wildman–Crippen LogP) is 2.42. The highest BCUT2D eigenvalue weighted by Crippen LogP contribution is 2.32. The Hall–Kier alpha value is -2.61. The van der Waals surface area contributed by atoms with E-state index in [9.17, 15) is 18.4 Å². The first kappa shape index (κ1) is 19.7. The summed E-state index contributed by atoms with van der Waals surface area (Å²) < 4.78 is 27.3. The van der Waals surface area contributed by atoms with Crippen molar-refractivity contribution >= 4 is 5.91 Å². The van der Waals surface area contributed by atoms with Crippen LogP contribution in [-0.2, 0) is 6.54 Å². The molecule has 0 spiro atoms. The molecule has 0 saturated carbocycles. The number of hydrogen-bond donors (Lipinski definition) is 1. The van der Waals surface area contributed by atoms with Gasteiger partial charge in [0.2, 0.25) is 0 Å². The molecule has 4 rings (SSSR count). The second-order valence-electron chi connectivity index (χ2n) is 7.93. The maximum atomic E-state index is 13.9. The van der Waals surface area contributed by atoms with Crippen molar-refractivity contribution in [1.82, 2.24) is 20.0 Å². The minimum atomic E-state index is -0.801. The van der Waals surface area contributed by atoms with Gasteiger partial charge < -0.3 is 4.90 Å². The number of aromatic nitrogens is 2. The average Bonchev–Trinajstić information content (AvgIpc) is 3.22. The molecule has 0 radical (unpaired) electrons. The van der Waals surface area contributed by atoms with Crippen molar-refractivity contribution in [3.8, 4) is 0 Å². The summed E-state index contributed by atoms with van der Waals surface area (Å²) in [5, 5.41) is 6.13. The molecule has 6 nitrogen and oxygen atoms in total. The first-order valence-electron chi connectivity index (χ1n) is 10.0. The number of rotatable bonds is 4. The summed E-state index contributed by atoms with van der Waals surface area (Å²) in [4.78, 5) is 27.7. The van der Waals surface area contributed by atoms with Crippen LogP contribution in [0.4, 0.5) is 8.78 Å². The van der Waals surface area contributed by atoms with Crippen molar-refractivity contribution in [3.63, 3.8) is 0 Å². The van der Waals surface area contributed by atoms with Crippen LogP contribution in [0.1, 0.15) is 35.3 Å². The van der Waals surface area contributed by atoms with Crippen molar-refractivity contribution < 1.29 is 13.6 Å². The van der Waals surface area contributed by atoms with Gasteiger partial charge in [-0.05, 0) is 56.3 Å². The number of benzene rings is 1. The van der Waals surface area contributed by atoms with E-state index in [0.717, 1.165) is 38.4 Å². The Kier molecular flexibility index (Phi) is 5.71. The highest BCUT2D eigenvalue weighted by Gasteiger charge is 2.34. The lowest BCUT2D eigenvalue weighted by Crippen LogP contribution is -2.37. The van der Waals surface area contributed by atoms with Crippen molar-refractivity contribution in [2.24, 2.45) is 11.8 Å². The number of carbonyl (C=O) groups is 1. The first-order chi connectivity index (χ1) is 14.0. The molecule has 1 amide bonds. The van der Waals surface area contributed by atoms with Gasteiger partial charge in [0.15, 0.2) is 11.6 Å². The Bertz CT molecular complexity index is 920. The molecule has 0 bridgehead atoms. The second kappa shape index (κ2) is 8.41. The number of halogens is 2. The Morgan fingerprint density at radius 3 is 2.55 bits per heavy atom. The molecule has 8 heteroatoms. The molecule has 1 atom stereocenters. The number of nitrogens with one attached hydrogen (secondary N) is 1. The van der Waals surface area contributed by atoms with Gasteiger partial charge in [-0.15, -0.1) is 0 Å². The van der Waals surface area contributed by atoms with Crippen LogP contribution in [0.15, 0.2) is 35.1 Å². The third-order valence-electron chi connectivity index (χ3n) is 6.13. The van der Waals surface area contributed by atoms with E-state index in [1.54, 1.807) is 17.0 Å². The molecular weight excluding hydrogens is 378 g/mol. The van der Waals surface area contributed by atoms with Gasteiger partial charge in [-0.25, -0.2) is 13.9 Å². The SMILES string of the molecule is O=C(c1ccc(=O)[nH]n1)N1CC[C@H](C2CCN(Cc3cccc(F)c3F)CC2)C1. The lowest BCUT2D eigenvalue weighted by molar-refractivity contribution is 0.0765. The van der Waals surface area contributed by atoms with Gasteiger partial charge in [-0.1, -0.05) is 12.1 Å². The first-order valence-corrected chi connectivity index (χ1v) is 10.0. The minimum absolute atomic E-state index is 0.150. The molecule has 154 valence electrons. The zero-order valence-electron chi connectivity index (χ0n) is 16.1. The molecule has 0 aliphatic carbocycles. The summed E-state index contributed by atoms with van der Waals surface area (Å²) in [5.74, 6) is -0.747. The monoisotopic (exact) mass is 402 g/mol.